The summed E-state index contributed by atoms with van der Waals surface area (Å²) in [6.45, 7) is 4.83. The highest BCUT2D eigenvalue weighted by Gasteiger charge is 2.18. The zero-order valence-electron chi connectivity index (χ0n) is 50.5. The van der Waals surface area contributed by atoms with Gasteiger partial charge in [-0.25, -0.2) is 0 Å². The van der Waals surface area contributed by atoms with Gasteiger partial charge in [-0.15, -0.1) is 0 Å². The molecule has 0 rings (SSSR count). The lowest BCUT2D eigenvalue weighted by Gasteiger charge is -2.20. The van der Waals surface area contributed by atoms with E-state index in [1.165, 1.54) is 289 Å². The van der Waals surface area contributed by atoms with Gasteiger partial charge in [0.25, 0.3) is 0 Å². The average Bonchev–Trinajstić information content (AvgIpc) is 3.41. The zero-order chi connectivity index (χ0) is 54.3. The summed E-state index contributed by atoms with van der Waals surface area (Å²) in [5.41, 5.74) is 0. The quantitative estimate of drug-likeness (QED) is 0.0320. The molecule has 0 aliphatic heterocycles. The Morgan fingerprint density at radius 3 is 1.01 bits per heavy atom. The molecular weight excluding hydrogens is 923 g/mol. The Morgan fingerprint density at radius 1 is 0.373 bits per heavy atom. The number of hydrogen-bond donors (Lipinski definition) is 3. The Morgan fingerprint density at radius 2 is 0.667 bits per heavy atom. The third-order valence-electron chi connectivity index (χ3n) is 15.7. The van der Waals surface area contributed by atoms with E-state index >= 15 is 0 Å². The molecule has 0 aromatic heterocycles. The summed E-state index contributed by atoms with van der Waals surface area (Å²) in [6.07, 6.45) is 82.2. The van der Waals surface area contributed by atoms with Crippen LogP contribution >= 0.6 is 0 Å². The van der Waals surface area contributed by atoms with Crippen molar-refractivity contribution >= 4 is 11.9 Å². The van der Waals surface area contributed by atoms with E-state index < -0.39 is 12.1 Å². The molecule has 0 aromatic carbocycles. The van der Waals surface area contributed by atoms with Crippen LogP contribution in [0.2, 0.25) is 0 Å². The van der Waals surface area contributed by atoms with E-state index in [1.54, 1.807) is 6.08 Å². The maximum atomic E-state index is 12.5. The van der Waals surface area contributed by atoms with Gasteiger partial charge in [0.2, 0.25) is 5.91 Å². The summed E-state index contributed by atoms with van der Waals surface area (Å²) in [5, 5.41) is 23.2. The molecule has 0 aliphatic rings. The first-order valence-corrected chi connectivity index (χ1v) is 33.8. The number of ether oxygens (including phenoxy) is 1. The number of carbonyl (C=O) groups excluding carboxylic acids is 2. The first-order valence-electron chi connectivity index (χ1n) is 33.8. The monoisotopic (exact) mass is 1050 g/mol. The molecule has 0 saturated heterocycles. The van der Waals surface area contributed by atoms with Crippen LogP contribution in [0.3, 0.4) is 0 Å². The summed E-state index contributed by atoms with van der Waals surface area (Å²) < 4.78 is 5.44. The van der Waals surface area contributed by atoms with Crippen molar-refractivity contribution in [3.8, 4) is 0 Å². The third kappa shape index (κ3) is 61.2. The molecule has 6 nitrogen and oxygen atoms in total. The standard InChI is InChI=1S/C69H131NO5/c1-3-5-7-9-11-13-15-17-19-21-26-31-35-39-43-47-51-55-59-63-69(74)75-64-60-56-52-48-44-40-36-32-28-25-23-24-27-30-34-38-42-46-50-54-58-62-68(73)70-66(65-71)67(72)61-57-53-49-45-41-37-33-29-22-20-18-16-14-12-10-8-6-4-2/h40,44,52,56-57,61,66-67,71-72H,3-39,41-43,45-51,53-55,58-60,62-65H2,1-2H3,(H,70,73)/b44-40-,56-52-,61-57+. The number of aliphatic hydroxyl groups is 2. The minimum absolute atomic E-state index is 0.0306. The minimum Gasteiger partial charge on any atom is -0.465 e. The van der Waals surface area contributed by atoms with Crippen LogP contribution in [0.1, 0.15) is 367 Å². The van der Waals surface area contributed by atoms with Crippen molar-refractivity contribution in [1.82, 2.24) is 5.32 Å². The van der Waals surface area contributed by atoms with E-state index in [0.29, 0.717) is 19.4 Å². The number of nitrogens with one attached hydrogen (secondary N) is 1. The first kappa shape index (κ1) is 73.1. The van der Waals surface area contributed by atoms with Crippen molar-refractivity contribution in [3.63, 3.8) is 0 Å². The van der Waals surface area contributed by atoms with Crippen molar-refractivity contribution in [3.05, 3.63) is 36.5 Å². The number of unbranched alkanes of at least 4 members (excludes halogenated alkanes) is 48. The van der Waals surface area contributed by atoms with E-state index in [0.717, 1.165) is 51.4 Å². The van der Waals surface area contributed by atoms with Gasteiger partial charge in [-0.2, -0.15) is 0 Å². The maximum absolute atomic E-state index is 12.5. The van der Waals surface area contributed by atoms with Gasteiger partial charge >= 0.3 is 5.97 Å². The fourth-order valence-corrected chi connectivity index (χ4v) is 10.5. The lowest BCUT2D eigenvalue weighted by molar-refractivity contribution is -0.143. The van der Waals surface area contributed by atoms with Crippen molar-refractivity contribution in [1.29, 1.82) is 0 Å². The molecule has 6 heteroatoms. The fourth-order valence-electron chi connectivity index (χ4n) is 10.5. The van der Waals surface area contributed by atoms with Crippen LogP contribution in [-0.4, -0.2) is 47.4 Å². The van der Waals surface area contributed by atoms with E-state index in [-0.39, 0.29) is 18.5 Å². The molecule has 0 fully saturated rings. The highest BCUT2D eigenvalue weighted by Crippen LogP contribution is 2.18. The van der Waals surface area contributed by atoms with Crippen LogP contribution in [0.15, 0.2) is 36.5 Å². The normalized spacial score (nSPS) is 12.7. The predicted molar refractivity (Wildman–Crippen MR) is 329 cm³/mol. The molecule has 0 aliphatic carbocycles. The van der Waals surface area contributed by atoms with Gasteiger partial charge in [-0.05, 0) is 51.4 Å². The van der Waals surface area contributed by atoms with E-state index in [4.69, 9.17) is 4.74 Å². The Bertz CT molecular complexity index is 1210. The fraction of sp³-hybridized carbons (Fsp3) is 0.884. The van der Waals surface area contributed by atoms with Crippen LogP contribution in [0.25, 0.3) is 0 Å². The van der Waals surface area contributed by atoms with Gasteiger partial charge in [0.15, 0.2) is 0 Å². The highest BCUT2D eigenvalue weighted by molar-refractivity contribution is 5.76. The number of allylic oxidation sites excluding steroid dienone is 4. The van der Waals surface area contributed by atoms with Crippen LogP contribution < -0.4 is 5.32 Å². The van der Waals surface area contributed by atoms with Gasteiger partial charge in [0, 0.05) is 12.8 Å². The van der Waals surface area contributed by atoms with Gasteiger partial charge < -0.3 is 20.3 Å². The number of carbonyl (C=O) groups is 2. The second-order valence-electron chi connectivity index (χ2n) is 23.2. The van der Waals surface area contributed by atoms with Crippen LogP contribution in [0.5, 0.6) is 0 Å². The molecule has 0 spiro atoms. The van der Waals surface area contributed by atoms with Gasteiger partial charge in [-0.1, -0.05) is 339 Å². The lowest BCUT2D eigenvalue weighted by atomic mass is 10.0. The molecule has 75 heavy (non-hydrogen) atoms. The highest BCUT2D eigenvalue weighted by atomic mass is 16.5. The molecule has 2 unspecified atom stereocenters. The predicted octanol–water partition coefficient (Wildman–Crippen LogP) is 21.5. The van der Waals surface area contributed by atoms with Crippen molar-refractivity contribution in [2.45, 2.75) is 379 Å². The SMILES string of the molecule is CCCCCCCCCCCCCCCCCC/C=C/C(O)C(CO)NC(=O)CCCCCCCCCCCCCCCC/C=C\C/C=C\CCOC(=O)CCCCCCCCCCCCCCCCCCCCC. The summed E-state index contributed by atoms with van der Waals surface area (Å²) in [5.74, 6) is -0.101. The number of rotatable bonds is 63. The van der Waals surface area contributed by atoms with Gasteiger partial charge in [0.1, 0.15) is 0 Å². The van der Waals surface area contributed by atoms with E-state index in [9.17, 15) is 19.8 Å². The van der Waals surface area contributed by atoms with Crippen LogP contribution in [0, 0.1) is 0 Å². The summed E-state index contributed by atoms with van der Waals surface area (Å²) in [7, 11) is 0. The molecule has 2 atom stereocenters. The zero-order valence-corrected chi connectivity index (χ0v) is 50.5. The largest absolute Gasteiger partial charge is 0.465 e. The Balaban J connectivity index is 3.45. The Hall–Kier alpha value is -1.92. The van der Waals surface area contributed by atoms with E-state index in [1.807, 2.05) is 6.08 Å². The summed E-state index contributed by atoms with van der Waals surface area (Å²) in [6, 6.07) is -0.633. The molecule has 0 saturated carbocycles. The molecule has 1 amide bonds. The summed E-state index contributed by atoms with van der Waals surface area (Å²) >= 11 is 0. The second kappa shape index (κ2) is 64.6. The Labute approximate surface area is 468 Å². The van der Waals surface area contributed by atoms with Crippen LogP contribution in [0.4, 0.5) is 0 Å². The van der Waals surface area contributed by atoms with Crippen LogP contribution in [-0.2, 0) is 14.3 Å². The van der Waals surface area contributed by atoms with Crippen molar-refractivity contribution in [2.24, 2.45) is 0 Å². The van der Waals surface area contributed by atoms with Crippen molar-refractivity contribution in [2.75, 3.05) is 13.2 Å². The molecule has 0 heterocycles. The molecule has 442 valence electrons. The van der Waals surface area contributed by atoms with Gasteiger partial charge in [0.05, 0.1) is 25.4 Å². The maximum Gasteiger partial charge on any atom is 0.305 e. The van der Waals surface area contributed by atoms with Gasteiger partial charge in [-0.3, -0.25) is 9.59 Å². The molecule has 0 aromatic rings. The lowest BCUT2D eigenvalue weighted by Crippen LogP contribution is -2.45. The molecule has 0 bridgehead atoms. The number of esters is 1. The first-order chi connectivity index (χ1) is 37.0. The molecular formula is C69H131NO5. The summed E-state index contributed by atoms with van der Waals surface area (Å²) in [4.78, 5) is 24.6. The number of aliphatic hydroxyl groups excluding tert-OH is 2. The number of amides is 1. The van der Waals surface area contributed by atoms with Crippen molar-refractivity contribution < 1.29 is 24.5 Å². The minimum atomic E-state index is -0.849. The second-order valence-corrected chi connectivity index (χ2v) is 23.2. The molecule has 0 radical (unpaired) electrons. The third-order valence-corrected chi connectivity index (χ3v) is 15.7. The Kier molecular flexibility index (Phi) is 63.0. The van der Waals surface area contributed by atoms with E-state index in [2.05, 4.69) is 43.5 Å². The molecule has 3 N–H and O–H groups in total. The smallest absolute Gasteiger partial charge is 0.305 e. The number of hydrogen-bond acceptors (Lipinski definition) is 5. The topological polar surface area (TPSA) is 95.9 Å². The average molecular weight is 1050 g/mol.